The van der Waals surface area contributed by atoms with Crippen molar-refractivity contribution in [2.75, 3.05) is 0 Å². The molecule has 0 amide bonds. The molecule has 0 aliphatic heterocycles. The van der Waals surface area contributed by atoms with Crippen molar-refractivity contribution in [3.63, 3.8) is 0 Å². The smallest absolute Gasteiger partial charge is 0.161 e. The molecule has 0 bridgehead atoms. The van der Waals surface area contributed by atoms with Gasteiger partial charge in [-0.05, 0) is 30.7 Å². The van der Waals surface area contributed by atoms with Gasteiger partial charge in [-0.15, -0.1) is 0 Å². The zero-order valence-corrected chi connectivity index (χ0v) is 10.3. The summed E-state index contributed by atoms with van der Waals surface area (Å²) in [4.78, 5) is 0. The number of aliphatic hydroxyl groups is 1. The monoisotopic (exact) mass is 258 g/mol. The van der Waals surface area contributed by atoms with E-state index in [4.69, 9.17) is 0 Å². The molecular weight excluding hydrogens is 241 g/mol. The van der Waals surface area contributed by atoms with E-state index in [9.17, 15) is 18.3 Å². The normalized spacial score (nSPS) is 26.1. The molecule has 1 saturated carbocycles. The van der Waals surface area contributed by atoms with Crippen molar-refractivity contribution < 1.29 is 18.3 Å². The molecule has 0 aromatic heterocycles. The summed E-state index contributed by atoms with van der Waals surface area (Å²) in [5, 5.41) is 10.1. The molecule has 18 heavy (non-hydrogen) atoms. The molecule has 1 aromatic rings. The first-order valence-electron chi connectivity index (χ1n) is 6.31. The van der Waals surface area contributed by atoms with Crippen LogP contribution in [0.25, 0.3) is 0 Å². The maximum Gasteiger partial charge on any atom is 0.161 e. The van der Waals surface area contributed by atoms with Crippen LogP contribution in [-0.2, 0) is 0 Å². The zero-order valence-electron chi connectivity index (χ0n) is 10.3. The highest BCUT2D eigenvalue weighted by Gasteiger charge is 2.28. The molecule has 1 aliphatic rings. The molecule has 1 nitrogen and oxygen atoms in total. The molecule has 100 valence electrons. The molecule has 1 fully saturated rings. The van der Waals surface area contributed by atoms with E-state index < -0.39 is 23.6 Å². The predicted octanol–water partition coefficient (Wildman–Crippen LogP) is 3.96. The first-order chi connectivity index (χ1) is 8.49. The maximum absolute atomic E-state index is 13.6. The van der Waals surface area contributed by atoms with Gasteiger partial charge in [-0.1, -0.05) is 19.8 Å². The average molecular weight is 258 g/mol. The summed E-state index contributed by atoms with van der Waals surface area (Å²) in [6.45, 7) is 2.08. The van der Waals surface area contributed by atoms with Crippen LogP contribution in [0.3, 0.4) is 0 Å². The summed E-state index contributed by atoms with van der Waals surface area (Å²) in [5.74, 6) is -2.81. The van der Waals surface area contributed by atoms with E-state index in [2.05, 4.69) is 6.92 Å². The van der Waals surface area contributed by atoms with Gasteiger partial charge >= 0.3 is 0 Å². The molecule has 1 N–H and O–H groups in total. The van der Waals surface area contributed by atoms with Crippen LogP contribution in [0, 0.1) is 29.3 Å². The summed E-state index contributed by atoms with van der Waals surface area (Å²) >= 11 is 0. The number of hydrogen-bond acceptors (Lipinski definition) is 1. The summed E-state index contributed by atoms with van der Waals surface area (Å²) in [6, 6.07) is 1.27. The van der Waals surface area contributed by atoms with Crippen LogP contribution < -0.4 is 0 Å². The maximum atomic E-state index is 13.6. The number of aliphatic hydroxyl groups excluding tert-OH is 1. The Morgan fingerprint density at radius 3 is 2.44 bits per heavy atom. The lowest BCUT2D eigenvalue weighted by Crippen LogP contribution is -2.21. The third-order valence-electron chi connectivity index (χ3n) is 3.78. The molecule has 1 aliphatic carbocycles. The van der Waals surface area contributed by atoms with Crippen molar-refractivity contribution in [3.05, 3.63) is 35.1 Å². The molecule has 3 atom stereocenters. The van der Waals surface area contributed by atoms with E-state index in [1.807, 2.05) is 0 Å². The van der Waals surface area contributed by atoms with Crippen molar-refractivity contribution in [2.24, 2.45) is 11.8 Å². The first kappa shape index (κ1) is 13.4. The first-order valence-corrected chi connectivity index (χ1v) is 6.31. The molecule has 4 heteroatoms. The minimum absolute atomic E-state index is 0.0758. The van der Waals surface area contributed by atoms with Crippen LogP contribution in [0.2, 0.25) is 0 Å². The van der Waals surface area contributed by atoms with E-state index in [1.54, 1.807) is 0 Å². The van der Waals surface area contributed by atoms with E-state index in [1.165, 1.54) is 0 Å². The highest BCUT2D eigenvalue weighted by Crippen LogP contribution is 2.38. The average Bonchev–Trinajstić information content (AvgIpc) is 2.33. The van der Waals surface area contributed by atoms with Gasteiger partial charge in [0.15, 0.2) is 11.6 Å². The van der Waals surface area contributed by atoms with Crippen molar-refractivity contribution >= 4 is 0 Å². The lowest BCUT2D eigenvalue weighted by Gasteiger charge is -2.30. The Hall–Kier alpha value is -1.03. The van der Waals surface area contributed by atoms with E-state index in [-0.39, 0.29) is 11.5 Å². The third kappa shape index (κ3) is 2.69. The SMILES string of the molecule is CC1CCCC(C(O)c2cc(F)c(F)cc2F)C1. The van der Waals surface area contributed by atoms with Crippen LogP contribution in [0.15, 0.2) is 12.1 Å². The Morgan fingerprint density at radius 1 is 1.11 bits per heavy atom. The number of rotatable bonds is 2. The molecule has 2 rings (SSSR count). The minimum Gasteiger partial charge on any atom is -0.388 e. The third-order valence-corrected chi connectivity index (χ3v) is 3.78. The van der Waals surface area contributed by atoms with Gasteiger partial charge < -0.3 is 5.11 Å². The lowest BCUT2D eigenvalue weighted by atomic mass is 9.78. The van der Waals surface area contributed by atoms with E-state index >= 15 is 0 Å². The predicted molar refractivity (Wildman–Crippen MR) is 62.4 cm³/mol. The van der Waals surface area contributed by atoms with Crippen molar-refractivity contribution in [2.45, 2.75) is 38.7 Å². The zero-order chi connectivity index (χ0) is 13.3. The second kappa shape index (κ2) is 5.31. The van der Waals surface area contributed by atoms with Gasteiger partial charge in [0.2, 0.25) is 0 Å². The van der Waals surface area contributed by atoms with E-state index in [0.717, 1.165) is 31.7 Å². The molecular formula is C14H17F3O. The van der Waals surface area contributed by atoms with Gasteiger partial charge in [0.1, 0.15) is 5.82 Å². The fourth-order valence-corrected chi connectivity index (χ4v) is 2.79. The molecule has 0 spiro atoms. The van der Waals surface area contributed by atoms with Gasteiger partial charge in [0.05, 0.1) is 6.10 Å². The summed E-state index contributed by atoms with van der Waals surface area (Å²) in [5.41, 5.74) is -0.131. The summed E-state index contributed by atoms with van der Waals surface area (Å²) < 4.78 is 39.5. The standard InChI is InChI=1S/C14H17F3O/c1-8-3-2-4-9(5-8)14(18)10-6-12(16)13(17)7-11(10)15/h6-9,14,18H,2-5H2,1H3. The fourth-order valence-electron chi connectivity index (χ4n) is 2.79. The molecule has 0 saturated heterocycles. The molecule has 1 aromatic carbocycles. The van der Waals surface area contributed by atoms with Gasteiger partial charge in [-0.2, -0.15) is 0 Å². The molecule has 0 heterocycles. The van der Waals surface area contributed by atoms with Crippen molar-refractivity contribution in [3.8, 4) is 0 Å². The lowest BCUT2D eigenvalue weighted by molar-refractivity contribution is 0.0681. The highest BCUT2D eigenvalue weighted by atomic mass is 19.2. The Bertz CT molecular complexity index is 433. The Labute approximate surface area is 105 Å². The fraction of sp³-hybridized carbons (Fsp3) is 0.571. The van der Waals surface area contributed by atoms with Crippen molar-refractivity contribution in [1.82, 2.24) is 0 Å². The van der Waals surface area contributed by atoms with Gasteiger partial charge in [0, 0.05) is 11.6 Å². The molecule has 3 unspecified atom stereocenters. The summed E-state index contributed by atoms with van der Waals surface area (Å²) in [6.07, 6.45) is 2.61. The second-order valence-electron chi connectivity index (χ2n) is 5.26. The second-order valence-corrected chi connectivity index (χ2v) is 5.26. The minimum atomic E-state index is -1.22. The van der Waals surface area contributed by atoms with Crippen molar-refractivity contribution in [1.29, 1.82) is 0 Å². The van der Waals surface area contributed by atoms with Crippen LogP contribution in [-0.4, -0.2) is 5.11 Å². The Kier molecular flexibility index (Phi) is 3.95. The molecule has 0 radical (unpaired) electrons. The summed E-state index contributed by atoms with van der Waals surface area (Å²) in [7, 11) is 0. The van der Waals surface area contributed by atoms with Crippen LogP contribution in [0.5, 0.6) is 0 Å². The van der Waals surface area contributed by atoms with E-state index in [0.29, 0.717) is 12.0 Å². The number of benzene rings is 1. The largest absolute Gasteiger partial charge is 0.388 e. The van der Waals surface area contributed by atoms with Gasteiger partial charge in [0.25, 0.3) is 0 Å². The van der Waals surface area contributed by atoms with Gasteiger partial charge in [-0.3, -0.25) is 0 Å². The Morgan fingerprint density at radius 2 is 1.78 bits per heavy atom. The van der Waals surface area contributed by atoms with Crippen LogP contribution in [0.4, 0.5) is 13.2 Å². The topological polar surface area (TPSA) is 20.2 Å². The van der Waals surface area contributed by atoms with Crippen LogP contribution >= 0.6 is 0 Å². The van der Waals surface area contributed by atoms with Crippen LogP contribution in [0.1, 0.15) is 44.3 Å². The number of halogens is 3. The van der Waals surface area contributed by atoms with Gasteiger partial charge in [-0.25, -0.2) is 13.2 Å². The quantitative estimate of drug-likeness (QED) is 0.796. The highest BCUT2D eigenvalue weighted by molar-refractivity contribution is 5.23. The Balaban J connectivity index is 2.22. The number of hydrogen-bond donors (Lipinski definition) is 1.